The molecule has 1 unspecified atom stereocenters. The van der Waals surface area contributed by atoms with Crippen LogP contribution in [0.4, 0.5) is 4.39 Å². The predicted molar refractivity (Wildman–Crippen MR) is 144 cm³/mol. The number of carbonyl (C=O) groups excluding carboxylic acids is 1. The van der Waals surface area contributed by atoms with Gasteiger partial charge in [0.1, 0.15) is 12.8 Å². The van der Waals surface area contributed by atoms with Gasteiger partial charge in [-0.25, -0.2) is 9.37 Å². The van der Waals surface area contributed by atoms with Crippen LogP contribution >= 0.6 is 0 Å². The van der Waals surface area contributed by atoms with Crippen molar-refractivity contribution >= 4 is 16.7 Å². The molecule has 6 nitrogen and oxygen atoms in total. The topological polar surface area (TPSA) is 60.2 Å². The molecule has 0 radical (unpaired) electrons. The van der Waals surface area contributed by atoms with Crippen LogP contribution in [0.5, 0.6) is 5.88 Å². The number of pyridine rings is 1. The summed E-state index contributed by atoms with van der Waals surface area (Å²) in [6, 6.07) is 9.83. The number of fused-ring (bicyclic) bond motifs is 2. The first kappa shape index (κ1) is 25.8. The number of rotatable bonds is 9. The molecule has 0 bridgehead atoms. The average molecular weight is 507 g/mol. The van der Waals surface area contributed by atoms with Gasteiger partial charge in [0, 0.05) is 61.9 Å². The van der Waals surface area contributed by atoms with Crippen LogP contribution in [0.25, 0.3) is 10.9 Å². The molecule has 0 amide bonds. The summed E-state index contributed by atoms with van der Waals surface area (Å²) in [6.07, 6.45) is 9.48. The second-order valence-corrected chi connectivity index (χ2v) is 11.0. The number of aromatic nitrogens is 3. The maximum atomic E-state index is 13.1. The highest BCUT2D eigenvalue weighted by Gasteiger charge is 2.25. The predicted octanol–water partition coefficient (Wildman–Crippen LogP) is 5.58. The van der Waals surface area contributed by atoms with Crippen molar-refractivity contribution in [2.24, 2.45) is 18.9 Å². The number of Topliss-reactive ketones (excluding diaryl/α,β-unsaturated/α-hetero) is 1. The van der Waals surface area contributed by atoms with Crippen LogP contribution in [0.2, 0.25) is 0 Å². The number of aryl methyl sites for hydroxylation is 1. The Hall–Kier alpha value is -2.80. The van der Waals surface area contributed by atoms with E-state index in [1.807, 2.05) is 37.5 Å². The van der Waals surface area contributed by atoms with E-state index in [4.69, 9.17) is 4.74 Å². The van der Waals surface area contributed by atoms with Crippen LogP contribution in [0.1, 0.15) is 67.1 Å². The van der Waals surface area contributed by atoms with Crippen molar-refractivity contribution in [1.29, 1.82) is 0 Å². The molecule has 3 aromatic rings. The van der Waals surface area contributed by atoms with E-state index in [-0.39, 0.29) is 12.4 Å². The van der Waals surface area contributed by atoms with Crippen molar-refractivity contribution in [3.8, 4) is 5.88 Å². The first-order valence-corrected chi connectivity index (χ1v) is 13.9. The molecule has 7 heteroatoms. The first-order chi connectivity index (χ1) is 17.9. The van der Waals surface area contributed by atoms with Crippen molar-refractivity contribution in [3.05, 3.63) is 53.3 Å². The van der Waals surface area contributed by atoms with E-state index in [9.17, 15) is 9.18 Å². The number of benzene rings is 1. The molecule has 2 aromatic heterocycles. The van der Waals surface area contributed by atoms with Crippen LogP contribution in [0.15, 0.2) is 36.5 Å². The van der Waals surface area contributed by atoms with Gasteiger partial charge in [-0.3, -0.25) is 9.48 Å². The monoisotopic (exact) mass is 506 g/mol. The summed E-state index contributed by atoms with van der Waals surface area (Å²) in [5, 5.41) is 5.41. The third kappa shape index (κ3) is 6.56. The summed E-state index contributed by atoms with van der Waals surface area (Å²) in [5.41, 5.74) is 4.10. The minimum Gasteiger partial charge on any atom is -0.475 e. The molecular weight excluding hydrogens is 467 g/mol. The van der Waals surface area contributed by atoms with Crippen LogP contribution in [-0.2, 0) is 19.9 Å². The minimum atomic E-state index is -0.992. The molecule has 1 atom stereocenters. The van der Waals surface area contributed by atoms with Crippen molar-refractivity contribution in [3.63, 3.8) is 0 Å². The molecule has 2 aliphatic rings. The lowest BCUT2D eigenvalue weighted by Crippen LogP contribution is -2.29. The second-order valence-electron chi connectivity index (χ2n) is 11.0. The van der Waals surface area contributed by atoms with E-state index < -0.39 is 6.17 Å². The quantitative estimate of drug-likeness (QED) is 0.355. The fourth-order valence-corrected chi connectivity index (χ4v) is 5.98. The van der Waals surface area contributed by atoms with Gasteiger partial charge in [-0.15, -0.1) is 0 Å². The highest BCUT2D eigenvalue weighted by Crippen LogP contribution is 2.34. The molecular formula is C30H39FN4O2. The molecule has 198 valence electrons. The van der Waals surface area contributed by atoms with Gasteiger partial charge in [-0.05, 0) is 62.6 Å². The minimum absolute atomic E-state index is 0.0506. The highest BCUT2D eigenvalue weighted by atomic mass is 19.1. The Kier molecular flexibility index (Phi) is 8.18. The first-order valence-electron chi connectivity index (χ1n) is 13.9. The zero-order valence-electron chi connectivity index (χ0n) is 22.2. The molecule has 1 aromatic carbocycles. The molecule has 0 saturated heterocycles. The number of hydrogen-bond acceptors (Lipinski definition) is 5. The van der Waals surface area contributed by atoms with Gasteiger partial charge in [-0.2, -0.15) is 5.10 Å². The third-order valence-electron chi connectivity index (χ3n) is 8.12. The number of carbonyl (C=O) groups is 1. The van der Waals surface area contributed by atoms with Crippen LogP contribution < -0.4 is 4.74 Å². The number of hydrogen-bond donors (Lipinski definition) is 0. The third-order valence-corrected chi connectivity index (χ3v) is 8.12. The number of alkyl halides is 1. The van der Waals surface area contributed by atoms with E-state index in [1.54, 1.807) is 4.68 Å². The van der Waals surface area contributed by atoms with E-state index in [1.165, 1.54) is 31.7 Å². The van der Waals surface area contributed by atoms with Crippen molar-refractivity contribution in [2.75, 3.05) is 26.2 Å². The molecule has 1 aliphatic carbocycles. The maximum absolute atomic E-state index is 13.1. The Balaban J connectivity index is 1.06. The molecule has 3 heterocycles. The fourth-order valence-electron chi connectivity index (χ4n) is 5.98. The fraction of sp³-hybridized carbons (Fsp3) is 0.567. The number of halogens is 1. The van der Waals surface area contributed by atoms with Crippen molar-refractivity contribution in [2.45, 2.75) is 64.5 Å². The van der Waals surface area contributed by atoms with Gasteiger partial charge in [-0.1, -0.05) is 31.0 Å². The van der Waals surface area contributed by atoms with Crippen LogP contribution in [0, 0.1) is 11.8 Å². The molecule has 5 rings (SSSR count). The Morgan fingerprint density at radius 3 is 2.70 bits per heavy atom. The highest BCUT2D eigenvalue weighted by molar-refractivity contribution is 6.07. The van der Waals surface area contributed by atoms with Crippen molar-refractivity contribution < 1.29 is 13.9 Å². The molecule has 0 N–H and O–H groups in total. The Morgan fingerprint density at radius 2 is 1.89 bits per heavy atom. The Morgan fingerprint density at radius 1 is 1.11 bits per heavy atom. The SMILES string of the molecule is CC(F)COc1ccc2c(n1)CCN(CCC1CCC(CC(=O)c3cccc4nn(C)cc34)CC1)CC2. The number of ketones is 1. The van der Waals surface area contributed by atoms with E-state index in [2.05, 4.69) is 21.0 Å². The van der Waals surface area contributed by atoms with E-state index in [0.717, 1.165) is 73.4 Å². The van der Waals surface area contributed by atoms with Gasteiger partial charge in [0.25, 0.3) is 0 Å². The standard InChI is InChI=1S/C30H39FN4O2/c1-21(31)20-37-30-11-10-24-13-16-35(17-14-27(24)32-30)15-12-22-6-8-23(9-7-22)18-29(36)25-4-3-5-28-26(25)19-34(2)33-28/h3-5,10-11,19,21-23H,6-9,12-18,20H2,1-2H3. The van der Waals surface area contributed by atoms with Crippen molar-refractivity contribution in [1.82, 2.24) is 19.7 Å². The Labute approximate surface area is 219 Å². The van der Waals surface area contributed by atoms with Gasteiger partial charge in [0.05, 0.1) is 5.52 Å². The summed E-state index contributed by atoms with van der Waals surface area (Å²) < 4.78 is 20.4. The van der Waals surface area contributed by atoms with E-state index in [0.29, 0.717) is 18.2 Å². The van der Waals surface area contributed by atoms with Crippen LogP contribution in [0.3, 0.4) is 0 Å². The lowest BCUT2D eigenvalue weighted by Gasteiger charge is -2.30. The number of nitrogens with zero attached hydrogens (tertiary/aromatic N) is 4. The van der Waals surface area contributed by atoms with Gasteiger partial charge in [0.2, 0.25) is 5.88 Å². The Bertz CT molecular complexity index is 1220. The lowest BCUT2D eigenvalue weighted by atomic mass is 9.78. The summed E-state index contributed by atoms with van der Waals surface area (Å²) in [6.45, 7) is 4.73. The summed E-state index contributed by atoms with van der Waals surface area (Å²) in [7, 11) is 1.90. The molecule has 0 spiro atoms. The van der Waals surface area contributed by atoms with Crippen LogP contribution in [-0.4, -0.2) is 57.9 Å². The molecule has 37 heavy (non-hydrogen) atoms. The van der Waals surface area contributed by atoms with Gasteiger partial charge < -0.3 is 9.64 Å². The largest absolute Gasteiger partial charge is 0.475 e. The molecule has 1 aliphatic heterocycles. The second kappa shape index (κ2) is 11.7. The normalized spacial score (nSPS) is 21.4. The smallest absolute Gasteiger partial charge is 0.213 e. The zero-order valence-corrected chi connectivity index (χ0v) is 22.2. The van der Waals surface area contributed by atoms with Gasteiger partial charge in [0.15, 0.2) is 5.78 Å². The summed E-state index contributed by atoms with van der Waals surface area (Å²) in [4.78, 5) is 20.3. The maximum Gasteiger partial charge on any atom is 0.213 e. The summed E-state index contributed by atoms with van der Waals surface area (Å²) >= 11 is 0. The molecule has 1 saturated carbocycles. The summed E-state index contributed by atoms with van der Waals surface area (Å²) in [5.74, 6) is 2.03. The van der Waals surface area contributed by atoms with Gasteiger partial charge >= 0.3 is 0 Å². The number of ether oxygens (including phenoxy) is 1. The van der Waals surface area contributed by atoms with E-state index >= 15 is 0 Å². The average Bonchev–Trinajstić information content (AvgIpc) is 3.16. The molecule has 1 fully saturated rings. The lowest BCUT2D eigenvalue weighted by molar-refractivity contribution is 0.0942. The zero-order chi connectivity index (χ0) is 25.8.